The normalized spacial score (nSPS) is 10.3. The van der Waals surface area contributed by atoms with E-state index < -0.39 is 0 Å². The van der Waals surface area contributed by atoms with Crippen molar-refractivity contribution in [2.75, 3.05) is 11.9 Å². The van der Waals surface area contributed by atoms with Gasteiger partial charge in [0.05, 0.1) is 6.61 Å². The molecule has 0 aromatic heterocycles. The van der Waals surface area contributed by atoms with E-state index in [2.05, 4.69) is 5.32 Å². The number of aromatic hydroxyl groups is 1. The van der Waals surface area contributed by atoms with Crippen LogP contribution in [-0.2, 0) is 6.54 Å². The van der Waals surface area contributed by atoms with Gasteiger partial charge in [0.2, 0.25) is 0 Å². The molecule has 0 aliphatic rings. The number of hydrogen-bond donors (Lipinski definition) is 2. The molecule has 0 atom stereocenters. The number of rotatable bonds is 5. The van der Waals surface area contributed by atoms with E-state index in [-0.39, 0.29) is 0 Å². The van der Waals surface area contributed by atoms with Crippen LogP contribution in [0.2, 0.25) is 0 Å². The zero-order chi connectivity index (χ0) is 14.5. The van der Waals surface area contributed by atoms with Crippen LogP contribution in [0.4, 0.5) is 5.69 Å². The minimum absolute atomic E-state index is 0.364. The molecule has 0 saturated heterocycles. The van der Waals surface area contributed by atoms with Crippen LogP contribution >= 0.6 is 0 Å². The van der Waals surface area contributed by atoms with Gasteiger partial charge >= 0.3 is 0 Å². The number of anilines is 1. The zero-order valence-electron chi connectivity index (χ0n) is 12.2. The maximum absolute atomic E-state index is 10.00. The molecule has 20 heavy (non-hydrogen) atoms. The summed E-state index contributed by atoms with van der Waals surface area (Å²) >= 11 is 0. The summed E-state index contributed by atoms with van der Waals surface area (Å²) in [6, 6.07) is 11.8. The Morgan fingerprint density at radius 1 is 1.10 bits per heavy atom. The fourth-order valence-corrected chi connectivity index (χ4v) is 2.14. The number of phenols is 1. The lowest BCUT2D eigenvalue weighted by molar-refractivity contribution is 0.340. The molecule has 0 bridgehead atoms. The topological polar surface area (TPSA) is 41.5 Å². The van der Waals surface area contributed by atoms with Gasteiger partial charge in [0, 0.05) is 17.8 Å². The number of benzene rings is 2. The lowest BCUT2D eigenvalue weighted by atomic mass is 10.1. The van der Waals surface area contributed by atoms with Crippen LogP contribution in [0.25, 0.3) is 0 Å². The smallest absolute Gasteiger partial charge is 0.123 e. The predicted molar refractivity (Wildman–Crippen MR) is 82.5 cm³/mol. The lowest BCUT2D eigenvalue weighted by Gasteiger charge is -2.13. The van der Waals surface area contributed by atoms with E-state index >= 15 is 0 Å². The Labute approximate surface area is 120 Å². The molecule has 2 rings (SSSR count). The second kappa shape index (κ2) is 6.33. The van der Waals surface area contributed by atoms with Crippen LogP contribution in [0.15, 0.2) is 36.4 Å². The minimum Gasteiger partial charge on any atom is -0.507 e. The van der Waals surface area contributed by atoms with Gasteiger partial charge in [0.25, 0.3) is 0 Å². The molecular formula is C17H21NO2. The number of phenolic OH excluding ortho intramolecular Hbond substituents is 1. The van der Waals surface area contributed by atoms with Gasteiger partial charge in [-0.2, -0.15) is 0 Å². The Balaban J connectivity index is 2.09. The molecule has 0 saturated carbocycles. The van der Waals surface area contributed by atoms with E-state index in [0.717, 1.165) is 28.1 Å². The Morgan fingerprint density at radius 3 is 2.60 bits per heavy atom. The Bertz CT molecular complexity index is 594. The summed E-state index contributed by atoms with van der Waals surface area (Å²) in [4.78, 5) is 0. The third-order valence-corrected chi connectivity index (χ3v) is 3.30. The molecule has 0 aliphatic heterocycles. The molecule has 0 unspecified atom stereocenters. The van der Waals surface area contributed by atoms with Crippen molar-refractivity contribution in [1.82, 2.24) is 0 Å². The number of ether oxygens (including phenoxy) is 1. The van der Waals surface area contributed by atoms with E-state index in [1.807, 2.05) is 57.2 Å². The second-order valence-electron chi connectivity index (χ2n) is 4.85. The predicted octanol–water partition coefficient (Wildman–Crippen LogP) is 4.02. The van der Waals surface area contributed by atoms with Crippen LogP contribution in [-0.4, -0.2) is 11.7 Å². The fraction of sp³-hybridized carbons (Fsp3) is 0.294. The van der Waals surface area contributed by atoms with E-state index in [1.165, 1.54) is 0 Å². The first-order valence-corrected chi connectivity index (χ1v) is 6.86. The summed E-state index contributed by atoms with van der Waals surface area (Å²) in [6.07, 6.45) is 0. The van der Waals surface area contributed by atoms with Gasteiger partial charge in [-0.1, -0.05) is 18.2 Å². The Morgan fingerprint density at radius 2 is 1.90 bits per heavy atom. The average molecular weight is 271 g/mol. The van der Waals surface area contributed by atoms with E-state index in [1.54, 1.807) is 0 Å². The summed E-state index contributed by atoms with van der Waals surface area (Å²) in [6.45, 7) is 7.19. The van der Waals surface area contributed by atoms with Crippen molar-refractivity contribution in [3.05, 3.63) is 53.1 Å². The highest BCUT2D eigenvalue weighted by atomic mass is 16.5. The molecule has 3 heteroatoms. The zero-order valence-corrected chi connectivity index (χ0v) is 12.2. The first-order chi connectivity index (χ1) is 9.61. The maximum atomic E-state index is 10.00. The van der Waals surface area contributed by atoms with E-state index in [9.17, 15) is 5.11 Å². The quantitative estimate of drug-likeness (QED) is 0.863. The molecule has 0 fully saturated rings. The largest absolute Gasteiger partial charge is 0.507 e. The summed E-state index contributed by atoms with van der Waals surface area (Å²) in [5.41, 5.74) is 3.98. The highest BCUT2D eigenvalue weighted by Gasteiger charge is 2.05. The van der Waals surface area contributed by atoms with E-state index in [4.69, 9.17) is 4.74 Å². The highest BCUT2D eigenvalue weighted by molar-refractivity contribution is 5.54. The number of aryl methyl sites for hydroxylation is 2. The second-order valence-corrected chi connectivity index (χ2v) is 4.85. The number of nitrogens with one attached hydrogen (secondary N) is 1. The Hall–Kier alpha value is -2.16. The summed E-state index contributed by atoms with van der Waals surface area (Å²) in [5.74, 6) is 1.25. The van der Waals surface area contributed by atoms with Crippen molar-refractivity contribution in [1.29, 1.82) is 0 Å². The third kappa shape index (κ3) is 3.23. The van der Waals surface area contributed by atoms with Crippen molar-refractivity contribution in [3.63, 3.8) is 0 Å². The van der Waals surface area contributed by atoms with Crippen LogP contribution < -0.4 is 10.1 Å². The van der Waals surface area contributed by atoms with Crippen LogP contribution in [0, 0.1) is 13.8 Å². The van der Waals surface area contributed by atoms with Crippen molar-refractivity contribution in [2.45, 2.75) is 27.3 Å². The van der Waals surface area contributed by atoms with Gasteiger partial charge in [-0.25, -0.2) is 0 Å². The number of hydrogen-bond acceptors (Lipinski definition) is 3. The number of para-hydroxylation sites is 1. The first kappa shape index (κ1) is 14.3. The third-order valence-electron chi connectivity index (χ3n) is 3.30. The standard InChI is InChI=1S/C17H21NO2/c1-4-20-15-8-9-16(13(3)10-15)18-11-14-7-5-6-12(2)17(14)19/h5-10,18-19H,4,11H2,1-3H3. The van der Waals surface area contributed by atoms with Crippen molar-refractivity contribution >= 4 is 5.69 Å². The molecule has 2 N–H and O–H groups in total. The molecule has 0 spiro atoms. The summed E-state index contributed by atoms with van der Waals surface area (Å²) in [5, 5.41) is 13.3. The average Bonchev–Trinajstić information content (AvgIpc) is 2.42. The van der Waals surface area contributed by atoms with Gasteiger partial charge < -0.3 is 15.2 Å². The maximum Gasteiger partial charge on any atom is 0.123 e. The molecule has 2 aromatic carbocycles. The highest BCUT2D eigenvalue weighted by Crippen LogP contribution is 2.25. The van der Waals surface area contributed by atoms with Gasteiger partial charge in [0.1, 0.15) is 11.5 Å². The molecule has 0 heterocycles. The molecule has 106 valence electrons. The van der Waals surface area contributed by atoms with Crippen molar-refractivity contribution in [3.8, 4) is 11.5 Å². The molecule has 3 nitrogen and oxygen atoms in total. The first-order valence-electron chi connectivity index (χ1n) is 6.86. The van der Waals surface area contributed by atoms with Gasteiger partial charge in [-0.3, -0.25) is 0 Å². The van der Waals surface area contributed by atoms with Crippen LogP contribution in [0.1, 0.15) is 23.6 Å². The van der Waals surface area contributed by atoms with Gasteiger partial charge in [-0.05, 0) is 50.1 Å². The SMILES string of the molecule is CCOc1ccc(NCc2cccc(C)c2O)c(C)c1. The lowest BCUT2D eigenvalue weighted by Crippen LogP contribution is -2.02. The summed E-state index contributed by atoms with van der Waals surface area (Å²) in [7, 11) is 0. The van der Waals surface area contributed by atoms with Crippen molar-refractivity contribution < 1.29 is 9.84 Å². The molecule has 0 radical (unpaired) electrons. The minimum atomic E-state index is 0.364. The summed E-state index contributed by atoms with van der Waals surface area (Å²) < 4.78 is 5.47. The van der Waals surface area contributed by atoms with Gasteiger partial charge in [-0.15, -0.1) is 0 Å². The molecule has 0 aliphatic carbocycles. The monoisotopic (exact) mass is 271 g/mol. The molecule has 2 aromatic rings. The molecule has 0 amide bonds. The molecular weight excluding hydrogens is 250 g/mol. The van der Waals surface area contributed by atoms with Gasteiger partial charge in [0.15, 0.2) is 0 Å². The van der Waals surface area contributed by atoms with Crippen molar-refractivity contribution in [2.24, 2.45) is 0 Å². The van der Waals surface area contributed by atoms with E-state index in [0.29, 0.717) is 18.9 Å². The fourth-order valence-electron chi connectivity index (χ4n) is 2.14. The Kier molecular flexibility index (Phi) is 4.51. The van der Waals surface area contributed by atoms with Crippen LogP contribution in [0.3, 0.4) is 0 Å². The van der Waals surface area contributed by atoms with Crippen LogP contribution in [0.5, 0.6) is 11.5 Å².